The van der Waals surface area contributed by atoms with Gasteiger partial charge >= 0.3 is 0 Å². The van der Waals surface area contributed by atoms with Crippen LogP contribution >= 0.6 is 11.6 Å². The second-order valence-electron chi connectivity index (χ2n) is 3.59. The van der Waals surface area contributed by atoms with Gasteiger partial charge in [0.05, 0.1) is 5.69 Å². The number of rotatable bonds is 1. The number of nitrogen functional groups attached to an aromatic ring is 1. The van der Waals surface area contributed by atoms with Crippen molar-refractivity contribution in [3.05, 3.63) is 41.6 Å². The lowest BCUT2D eigenvalue weighted by molar-refractivity contribution is 0.620. The zero-order valence-corrected chi connectivity index (χ0v) is 9.76. The van der Waals surface area contributed by atoms with Gasteiger partial charge in [-0.2, -0.15) is 4.98 Å². The molecule has 0 bridgehead atoms. The molecule has 90 valence electrons. The Morgan fingerprint density at radius 2 is 2.00 bits per heavy atom. The fraction of sp³-hybridized carbons (Fsp3) is 0. The van der Waals surface area contributed by atoms with Crippen molar-refractivity contribution in [1.29, 1.82) is 0 Å². The van der Waals surface area contributed by atoms with Gasteiger partial charge in [-0.3, -0.25) is 4.57 Å². The van der Waals surface area contributed by atoms with Crippen molar-refractivity contribution in [2.45, 2.75) is 0 Å². The molecule has 0 aliphatic heterocycles. The summed E-state index contributed by atoms with van der Waals surface area (Å²) in [4.78, 5) is 11.8. The van der Waals surface area contributed by atoms with Crippen LogP contribution < -0.4 is 5.73 Å². The van der Waals surface area contributed by atoms with Crippen LogP contribution in [0.15, 0.2) is 30.6 Å². The smallest absolute Gasteiger partial charge is 0.207 e. The molecule has 0 unspecified atom stereocenters. The van der Waals surface area contributed by atoms with E-state index in [-0.39, 0.29) is 16.8 Å². The second-order valence-corrected chi connectivity index (χ2v) is 3.95. The number of para-hydroxylation sites is 1. The first-order valence-electron chi connectivity index (χ1n) is 5.08. The number of imidazole rings is 1. The van der Waals surface area contributed by atoms with Gasteiger partial charge < -0.3 is 5.73 Å². The lowest BCUT2D eigenvalue weighted by atomic mass is 10.3. The first-order chi connectivity index (χ1) is 8.68. The van der Waals surface area contributed by atoms with E-state index in [2.05, 4.69) is 15.0 Å². The van der Waals surface area contributed by atoms with E-state index in [1.54, 1.807) is 18.2 Å². The van der Waals surface area contributed by atoms with Gasteiger partial charge in [-0.15, -0.1) is 0 Å². The topological polar surface area (TPSA) is 69.6 Å². The lowest BCUT2D eigenvalue weighted by Crippen LogP contribution is -2.03. The molecule has 0 saturated heterocycles. The molecule has 3 aromatic rings. The van der Waals surface area contributed by atoms with Crippen molar-refractivity contribution in [1.82, 2.24) is 19.5 Å². The van der Waals surface area contributed by atoms with Crippen LogP contribution in [0.4, 0.5) is 10.3 Å². The summed E-state index contributed by atoms with van der Waals surface area (Å²) >= 11 is 5.99. The van der Waals surface area contributed by atoms with Gasteiger partial charge in [0, 0.05) is 0 Å². The van der Waals surface area contributed by atoms with Crippen LogP contribution in [0.5, 0.6) is 0 Å². The van der Waals surface area contributed by atoms with Crippen molar-refractivity contribution in [3.63, 3.8) is 0 Å². The van der Waals surface area contributed by atoms with Crippen molar-refractivity contribution < 1.29 is 4.39 Å². The van der Waals surface area contributed by atoms with Crippen LogP contribution in [-0.2, 0) is 0 Å². The summed E-state index contributed by atoms with van der Waals surface area (Å²) in [6.07, 6.45) is 1.28. The number of hydrogen-bond donors (Lipinski definition) is 1. The summed E-state index contributed by atoms with van der Waals surface area (Å²) in [6.45, 7) is 0. The molecular weight excluding hydrogens is 257 g/mol. The summed E-state index contributed by atoms with van der Waals surface area (Å²) in [6, 6.07) is 6.20. The van der Waals surface area contributed by atoms with Crippen LogP contribution in [0.25, 0.3) is 16.9 Å². The molecule has 2 aromatic heterocycles. The Balaban J connectivity index is 2.43. The Morgan fingerprint density at radius 3 is 2.78 bits per heavy atom. The quantitative estimate of drug-likeness (QED) is 0.683. The SMILES string of the molecule is Nc1nc2ncnc(Cl)c2n1-c1ccccc1F. The van der Waals surface area contributed by atoms with E-state index >= 15 is 0 Å². The van der Waals surface area contributed by atoms with Crippen LogP contribution in [0.3, 0.4) is 0 Å². The van der Waals surface area contributed by atoms with E-state index in [9.17, 15) is 4.39 Å². The van der Waals surface area contributed by atoms with E-state index in [1.807, 2.05) is 0 Å². The zero-order chi connectivity index (χ0) is 12.7. The highest BCUT2D eigenvalue weighted by atomic mass is 35.5. The molecule has 2 N–H and O–H groups in total. The average Bonchev–Trinajstić information content (AvgIpc) is 2.68. The predicted molar refractivity (Wildman–Crippen MR) is 66.0 cm³/mol. The third kappa shape index (κ3) is 1.50. The molecule has 0 saturated carbocycles. The number of halogens is 2. The Labute approximate surface area is 106 Å². The molecule has 2 heterocycles. The third-order valence-corrected chi connectivity index (χ3v) is 2.80. The monoisotopic (exact) mass is 263 g/mol. The Morgan fingerprint density at radius 1 is 1.22 bits per heavy atom. The molecule has 3 rings (SSSR count). The summed E-state index contributed by atoms with van der Waals surface area (Å²) in [7, 11) is 0. The van der Waals surface area contributed by atoms with Crippen LogP contribution in [0.1, 0.15) is 0 Å². The normalized spacial score (nSPS) is 11.0. The number of benzene rings is 1. The van der Waals surface area contributed by atoms with E-state index < -0.39 is 5.82 Å². The maximum absolute atomic E-state index is 13.8. The predicted octanol–water partition coefficient (Wildman–Crippen LogP) is 2.19. The maximum atomic E-state index is 13.8. The fourth-order valence-electron chi connectivity index (χ4n) is 1.77. The number of fused-ring (bicyclic) bond motifs is 1. The average molecular weight is 264 g/mol. The van der Waals surface area contributed by atoms with E-state index in [1.165, 1.54) is 17.0 Å². The molecule has 7 heteroatoms. The largest absolute Gasteiger partial charge is 0.369 e. The second kappa shape index (κ2) is 3.92. The molecule has 0 aliphatic rings. The number of hydrogen-bond acceptors (Lipinski definition) is 4. The van der Waals surface area contributed by atoms with Crippen LogP contribution in [0, 0.1) is 5.82 Å². The Bertz CT molecular complexity index is 739. The number of nitrogens with zero attached hydrogens (tertiary/aromatic N) is 4. The van der Waals surface area contributed by atoms with Gasteiger partial charge in [0.1, 0.15) is 17.7 Å². The molecular formula is C11H7ClFN5. The standard InChI is InChI=1S/C11H7ClFN5/c12-9-8-10(16-5-15-9)17-11(14)18(8)7-4-2-1-3-6(7)13/h1-5H,(H2,14,15,16,17). The van der Waals surface area contributed by atoms with Gasteiger partial charge in [-0.05, 0) is 12.1 Å². The van der Waals surface area contributed by atoms with E-state index in [0.717, 1.165) is 0 Å². The summed E-state index contributed by atoms with van der Waals surface area (Å²) in [5.41, 5.74) is 6.76. The highest BCUT2D eigenvalue weighted by molar-refractivity contribution is 6.33. The zero-order valence-electron chi connectivity index (χ0n) is 9.01. The maximum Gasteiger partial charge on any atom is 0.207 e. The molecule has 1 aromatic carbocycles. The molecule has 0 aliphatic carbocycles. The van der Waals surface area contributed by atoms with Crippen molar-refractivity contribution in [2.24, 2.45) is 0 Å². The fourth-order valence-corrected chi connectivity index (χ4v) is 1.99. The van der Waals surface area contributed by atoms with Gasteiger partial charge in [0.2, 0.25) is 5.95 Å². The first kappa shape index (κ1) is 10.9. The highest BCUT2D eigenvalue weighted by Crippen LogP contribution is 2.27. The lowest BCUT2D eigenvalue weighted by Gasteiger charge is -2.07. The van der Waals surface area contributed by atoms with Crippen molar-refractivity contribution in [3.8, 4) is 5.69 Å². The summed E-state index contributed by atoms with van der Waals surface area (Å²) in [5, 5.41) is 0.174. The summed E-state index contributed by atoms with van der Waals surface area (Å²) < 4.78 is 15.2. The molecule has 0 atom stereocenters. The summed E-state index contributed by atoms with van der Waals surface area (Å²) in [5.74, 6) is -0.319. The molecule has 5 nitrogen and oxygen atoms in total. The van der Waals surface area contributed by atoms with Gasteiger partial charge in [0.15, 0.2) is 10.8 Å². The molecule has 18 heavy (non-hydrogen) atoms. The number of anilines is 1. The minimum Gasteiger partial charge on any atom is -0.369 e. The molecule has 0 amide bonds. The van der Waals surface area contributed by atoms with Crippen LogP contribution in [-0.4, -0.2) is 19.5 Å². The van der Waals surface area contributed by atoms with Crippen molar-refractivity contribution >= 4 is 28.7 Å². The van der Waals surface area contributed by atoms with Crippen LogP contribution in [0.2, 0.25) is 5.15 Å². The van der Waals surface area contributed by atoms with Gasteiger partial charge in [-0.1, -0.05) is 23.7 Å². The Kier molecular flexibility index (Phi) is 2.38. The number of aromatic nitrogens is 4. The van der Waals surface area contributed by atoms with Crippen molar-refractivity contribution in [2.75, 3.05) is 5.73 Å². The third-order valence-electron chi connectivity index (χ3n) is 2.52. The molecule has 0 fully saturated rings. The van der Waals surface area contributed by atoms with E-state index in [4.69, 9.17) is 17.3 Å². The highest BCUT2D eigenvalue weighted by Gasteiger charge is 2.16. The molecule has 0 radical (unpaired) electrons. The van der Waals surface area contributed by atoms with E-state index in [0.29, 0.717) is 11.2 Å². The Hall–Kier alpha value is -2.21. The number of nitrogens with two attached hydrogens (primary N) is 1. The van der Waals surface area contributed by atoms with Gasteiger partial charge in [0.25, 0.3) is 0 Å². The first-order valence-corrected chi connectivity index (χ1v) is 5.45. The molecule has 0 spiro atoms. The minimum atomic E-state index is -0.427. The van der Waals surface area contributed by atoms with Gasteiger partial charge in [-0.25, -0.2) is 14.4 Å². The minimum absolute atomic E-state index is 0.109.